The predicted octanol–water partition coefficient (Wildman–Crippen LogP) is 5.67. The first-order valence-electron chi connectivity index (χ1n) is 12.3. The Balaban J connectivity index is 1.43. The van der Waals surface area contributed by atoms with Crippen molar-refractivity contribution in [3.8, 4) is 5.75 Å². The highest BCUT2D eigenvalue weighted by molar-refractivity contribution is 6.07. The number of unbranched alkanes of at least 4 members (excludes halogenated alkanes) is 1. The number of rotatable bonds is 9. The third-order valence-electron chi connectivity index (χ3n) is 6.58. The lowest BCUT2D eigenvalue weighted by Crippen LogP contribution is -2.41. The zero-order valence-corrected chi connectivity index (χ0v) is 21.1. The minimum absolute atomic E-state index is 0.0245. The number of halogens is 5. The van der Waals surface area contributed by atoms with Crippen molar-refractivity contribution in [3.63, 3.8) is 0 Å². The molecule has 2 aromatic carbocycles. The van der Waals surface area contributed by atoms with E-state index in [2.05, 4.69) is 5.32 Å². The molecule has 1 atom stereocenters. The van der Waals surface area contributed by atoms with Crippen LogP contribution in [0.2, 0.25) is 0 Å². The quantitative estimate of drug-likeness (QED) is 0.160. The standard InChI is InChI=1S/C27H25F5N2O5/c1-3-6-17-21(10-8-16-18(27(30,31)32)14-22(35)39-23(16)17)38-12-5-4-11-34-24(36)26(2,33-25(34)37)15-7-9-19(28)20(29)13-15/h7-10,13-14H,3-6,11-12H2,1-2H3,(H,33,37). The summed E-state index contributed by atoms with van der Waals surface area (Å²) in [6.07, 6.45) is -3.17. The summed E-state index contributed by atoms with van der Waals surface area (Å²) in [4.78, 5) is 38.3. The molecule has 7 nitrogen and oxygen atoms in total. The summed E-state index contributed by atoms with van der Waals surface area (Å²) in [7, 11) is 0. The van der Waals surface area contributed by atoms with Crippen LogP contribution in [0.15, 0.2) is 45.6 Å². The van der Waals surface area contributed by atoms with Crippen molar-refractivity contribution in [1.29, 1.82) is 0 Å². The van der Waals surface area contributed by atoms with Crippen molar-refractivity contribution in [2.45, 2.75) is 51.2 Å². The smallest absolute Gasteiger partial charge is 0.417 e. The molecule has 1 fully saturated rings. The maximum atomic E-state index is 13.7. The number of imide groups is 1. The molecule has 0 saturated carbocycles. The SMILES string of the molecule is CCCc1c(OCCCCN2C(=O)NC(C)(c3ccc(F)c(F)c3)C2=O)ccc2c(C(F)(F)F)cc(=O)oc12. The second kappa shape index (κ2) is 10.7. The molecule has 1 saturated heterocycles. The number of benzene rings is 2. The van der Waals surface area contributed by atoms with Crippen LogP contribution in [0.5, 0.6) is 5.75 Å². The van der Waals surface area contributed by atoms with Crippen molar-refractivity contribution in [2.24, 2.45) is 0 Å². The number of nitrogens with one attached hydrogen (secondary N) is 1. The van der Waals surface area contributed by atoms with E-state index in [0.717, 1.165) is 17.0 Å². The lowest BCUT2D eigenvalue weighted by molar-refractivity contribution is -0.136. The zero-order chi connectivity index (χ0) is 28.5. The number of amides is 3. The van der Waals surface area contributed by atoms with Gasteiger partial charge in [-0.3, -0.25) is 9.69 Å². The number of fused-ring (bicyclic) bond motifs is 1. The molecule has 1 unspecified atom stereocenters. The third kappa shape index (κ3) is 5.45. The first-order chi connectivity index (χ1) is 18.4. The van der Waals surface area contributed by atoms with Crippen LogP contribution in [-0.4, -0.2) is 30.0 Å². The maximum Gasteiger partial charge on any atom is 0.417 e. The van der Waals surface area contributed by atoms with E-state index in [1.54, 1.807) is 0 Å². The van der Waals surface area contributed by atoms with Gasteiger partial charge >= 0.3 is 17.8 Å². The number of urea groups is 1. The number of carbonyl (C=O) groups is 2. The Kier molecular flexibility index (Phi) is 7.67. The topological polar surface area (TPSA) is 88.9 Å². The van der Waals surface area contributed by atoms with Crippen molar-refractivity contribution in [3.05, 3.63) is 75.1 Å². The summed E-state index contributed by atoms with van der Waals surface area (Å²) in [6, 6.07) is 5.31. The number of carbonyl (C=O) groups excluding carboxylic acids is 2. The Bertz CT molecular complexity index is 1490. The van der Waals surface area contributed by atoms with Crippen LogP contribution in [0, 0.1) is 11.6 Å². The predicted molar refractivity (Wildman–Crippen MR) is 130 cm³/mol. The molecule has 0 aliphatic carbocycles. The monoisotopic (exact) mass is 552 g/mol. The number of alkyl halides is 3. The average Bonchev–Trinajstić information content (AvgIpc) is 3.09. The molecule has 0 radical (unpaired) electrons. The maximum absolute atomic E-state index is 13.7. The fourth-order valence-corrected chi connectivity index (χ4v) is 4.58. The summed E-state index contributed by atoms with van der Waals surface area (Å²) in [5.41, 5.74) is -3.48. The van der Waals surface area contributed by atoms with Gasteiger partial charge in [0.1, 0.15) is 16.9 Å². The Labute approximate surface area is 219 Å². The molecule has 3 amide bonds. The highest BCUT2D eigenvalue weighted by Crippen LogP contribution is 2.37. The number of ether oxygens (including phenoxy) is 1. The highest BCUT2D eigenvalue weighted by atomic mass is 19.4. The summed E-state index contributed by atoms with van der Waals surface area (Å²) in [5.74, 6) is -2.56. The van der Waals surface area contributed by atoms with Gasteiger partial charge in [0.25, 0.3) is 5.91 Å². The summed E-state index contributed by atoms with van der Waals surface area (Å²) in [6.45, 7) is 3.35. The van der Waals surface area contributed by atoms with Gasteiger partial charge in [-0.1, -0.05) is 19.4 Å². The summed E-state index contributed by atoms with van der Waals surface area (Å²) in [5, 5.41) is 2.28. The lowest BCUT2D eigenvalue weighted by atomic mass is 9.92. The molecular formula is C27H25F5N2O5. The number of aryl methyl sites for hydroxylation is 1. The molecule has 2 heterocycles. The van der Waals surface area contributed by atoms with Crippen molar-refractivity contribution >= 4 is 22.9 Å². The molecule has 0 spiro atoms. The first kappa shape index (κ1) is 28.1. The van der Waals surface area contributed by atoms with E-state index in [9.17, 15) is 36.3 Å². The van der Waals surface area contributed by atoms with E-state index in [-0.39, 0.29) is 35.4 Å². The molecule has 1 aliphatic heterocycles. The minimum Gasteiger partial charge on any atom is -0.493 e. The molecule has 3 aromatic rings. The molecular weight excluding hydrogens is 527 g/mol. The molecule has 208 valence electrons. The van der Waals surface area contributed by atoms with Crippen molar-refractivity contribution < 1.29 is 40.7 Å². The van der Waals surface area contributed by atoms with E-state index in [1.807, 2.05) is 6.92 Å². The van der Waals surface area contributed by atoms with E-state index in [0.29, 0.717) is 37.3 Å². The fourth-order valence-electron chi connectivity index (χ4n) is 4.58. The number of hydrogen-bond donors (Lipinski definition) is 1. The Morgan fingerprint density at radius 2 is 1.77 bits per heavy atom. The Hall–Kier alpha value is -3.96. The Morgan fingerprint density at radius 3 is 2.44 bits per heavy atom. The van der Waals surface area contributed by atoms with Crippen LogP contribution in [0.3, 0.4) is 0 Å². The van der Waals surface area contributed by atoms with Gasteiger partial charge in [0.2, 0.25) is 0 Å². The van der Waals surface area contributed by atoms with Gasteiger partial charge in [-0.05, 0) is 56.0 Å². The van der Waals surface area contributed by atoms with Gasteiger partial charge in [-0.25, -0.2) is 18.4 Å². The van der Waals surface area contributed by atoms with E-state index in [1.165, 1.54) is 25.1 Å². The van der Waals surface area contributed by atoms with Crippen molar-refractivity contribution in [2.75, 3.05) is 13.2 Å². The molecule has 0 bridgehead atoms. The second-order valence-electron chi connectivity index (χ2n) is 9.34. The van der Waals surface area contributed by atoms with Crippen LogP contribution in [0.4, 0.5) is 26.7 Å². The van der Waals surface area contributed by atoms with Gasteiger partial charge in [-0.15, -0.1) is 0 Å². The van der Waals surface area contributed by atoms with Gasteiger partial charge < -0.3 is 14.5 Å². The van der Waals surface area contributed by atoms with E-state index >= 15 is 0 Å². The largest absolute Gasteiger partial charge is 0.493 e. The molecule has 39 heavy (non-hydrogen) atoms. The van der Waals surface area contributed by atoms with Crippen LogP contribution < -0.4 is 15.7 Å². The minimum atomic E-state index is -4.74. The van der Waals surface area contributed by atoms with E-state index < -0.39 is 46.5 Å². The number of nitrogens with zero attached hydrogens (tertiary/aromatic N) is 1. The van der Waals surface area contributed by atoms with Gasteiger partial charge in [-0.2, -0.15) is 13.2 Å². The normalized spacial score (nSPS) is 17.7. The van der Waals surface area contributed by atoms with Gasteiger partial charge in [0.05, 0.1) is 12.2 Å². The highest BCUT2D eigenvalue weighted by Gasteiger charge is 2.48. The van der Waals surface area contributed by atoms with Crippen LogP contribution in [-0.2, 0) is 22.9 Å². The van der Waals surface area contributed by atoms with Crippen LogP contribution >= 0.6 is 0 Å². The van der Waals surface area contributed by atoms with Crippen LogP contribution in [0.1, 0.15) is 49.8 Å². The second-order valence-corrected chi connectivity index (χ2v) is 9.34. The molecule has 4 rings (SSSR count). The molecule has 12 heteroatoms. The van der Waals surface area contributed by atoms with Gasteiger partial charge in [0, 0.05) is 23.6 Å². The van der Waals surface area contributed by atoms with Crippen molar-refractivity contribution in [1.82, 2.24) is 10.2 Å². The lowest BCUT2D eigenvalue weighted by Gasteiger charge is -2.22. The molecule has 1 aliphatic rings. The Morgan fingerprint density at radius 1 is 1.03 bits per heavy atom. The molecule has 1 N–H and O–H groups in total. The summed E-state index contributed by atoms with van der Waals surface area (Å²) < 4.78 is 78.4. The third-order valence-corrected chi connectivity index (χ3v) is 6.58. The number of hydrogen-bond acceptors (Lipinski definition) is 5. The average molecular weight is 552 g/mol. The first-order valence-corrected chi connectivity index (χ1v) is 12.3. The fraction of sp³-hybridized carbons (Fsp3) is 0.370. The zero-order valence-electron chi connectivity index (χ0n) is 21.1. The van der Waals surface area contributed by atoms with Crippen LogP contribution in [0.25, 0.3) is 11.0 Å². The molecule has 1 aromatic heterocycles. The van der Waals surface area contributed by atoms with Gasteiger partial charge in [0.15, 0.2) is 11.6 Å². The van der Waals surface area contributed by atoms with E-state index in [4.69, 9.17) is 9.15 Å². The summed E-state index contributed by atoms with van der Waals surface area (Å²) >= 11 is 0.